The largest absolute Gasteiger partial charge is 0.481 e. The van der Waals surface area contributed by atoms with Gasteiger partial charge in [-0.2, -0.15) is 0 Å². The fraction of sp³-hybridized carbons (Fsp3) is 0.235. The zero-order valence-corrected chi connectivity index (χ0v) is 12.9. The van der Waals surface area contributed by atoms with E-state index in [0.717, 1.165) is 11.1 Å². The standard InChI is InChI=1S/C17H14BrFO2/c18-14-6-5-13(15(19)7-14)10-17(16(20)21)8-11-3-1-2-4-12(11)9-17/h1-7H,8-10H2,(H,20,21). The number of carboxylic acid groups (broad SMARTS) is 1. The SMILES string of the molecule is O=C(O)C1(Cc2ccc(Br)cc2F)Cc2ccccc2C1. The average molecular weight is 349 g/mol. The molecule has 2 nitrogen and oxygen atoms in total. The van der Waals surface area contributed by atoms with E-state index in [1.807, 2.05) is 24.3 Å². The molecule has 0 aliphatic heterocycles. The van der Waals surface area contributed by atoms with Crippen LogP contribution in [-0.4, -0.2) is 11.1 Å². The van der Waals surface area contributed by atoms with Crippen molar-refractivity contribution in [3.8, 4) is 0 Å². The molecule has 108 valence electrons. The molecule has 0 radical (unpaired) electrons. The Morgan fingerprint density at radius 1 is 1.19 bits per heavy atom. The van der Waals surface area contributed by atoms with E-state index in [0.29, 0.717) is 22.9 Å². The van der Waals surface area contributed by atoms with Crippen molar-refractivity contribution in [2.24, 2.45) is 5.41 Å². The van der Waals surface area contributed by atoms with Crippen LogP contribution in [0.2, 0.25) is 0 Å². The van der Waals surface area contributed by atoms with Gasteiger partial charge in [0.2, 0.25) is 0 Å². The summed E-state index contributed by atoms with van der Waals surface area (Å²) in [6, 6.07) is 12.5. The van der Waals surface area contributed by atoms with Gasteiger partial charge in [-0.1, -0.05) is 46.3 Å². The van der Waals surface area contributed by atoms with Crippen molar-refractivity contribution in [2.75, 3.05) is 0 Å². The van der Waals surface area contributed by atoms with Gasteiger partial charge >= 0.3 is 5.97 Å². The Kier molecular flexibility index (Phi) is 3.57. The fourth-order valence-electron chi connectivity index (χ4n) is 3.08. The number of hydrogen-bond donors (Lipinski definition) is 1. The number of carboxylic acids is 1. The molecule has 0 unspecified atom stereocenters. The molecular formula is C17H14BrFO2. The number of fused-ring (bicyclic) bond motifs is 1. The zero-order valence-electron chi connectivity index (χ0n) is 11.3. The first-order valence-electron chi connectivity index (χ1n) is 6.74. The van der Waals surface area contributed by atoms with Crippen LogP contribution < -0.4 is 0 Å². The smallest absolute Gasteiger partial charge is 0.310 e. The lowest BCUT2D eigenvalue weighted by molar-refractivity contribution is -0.148. The maximum absolute atomic E-state index is 14.0. The van der Waals surface area contributed by atoms with Gasteiger partial charge in [-0.05, 0) is 48.1 Å². The van der Waals surface area contributed by atoms with Crippen molar-refractivity contribution in [3.63, 3.8) is 0 Å². The second-order valence-corrected chi connectivity index (χ2v) is 6.54. The van der Waals surface area contributed by atoms with E-state index in [1.54, 1.807) is 12.1 Å². The minimum absolute atomic E-state index is 0.204. The lowest BCUT2D eigenvalue weighted by Crippen LogP contribution is -2.34. The van der Waals surface area contributed by atoms with E-state index >= 15 is 0 Å². The summed E-state index contributed by atoms with van der Waals surface area (Å²) in [5, 5.41) is 9.71. The van der Waals surface area contributed by atoms with Crippen LogP contribution in [0.25, 0.3) is 0 Å². The highest BCUT2D eigenvalue weighted by molar-refractivity contribution is 9.10. The molecule has 0 saturated carbocycles. The molecule has 21 heavy (non-hydrogen) atoms. The predicted octanol–water partition coefficient (Wildman–Crippen LogP) is 4.00. The molecule has 0 heterocycles. The second-order valence-electron chi connectivity index (χ2n) is 5.62. The summed E-state index contributed by atoms with van der Waals surface area (Å²) in [4.78, 5) is 11.8. The average Bonchev–Trinajstić information content (AvgIpc) is 2.81. The number of rotatable bonds is 3. The highest BCUT2D eigenvalue weighted by Gasteiger charge is 2.44. The van der Waals surface area contributed by atoms with E-state index < -0.39 is 11.4 Å². The Morgan fingerprint density at radius 3 is 2.33 bits per heavy atom. The molecule has 0 fully saturated rings. The Bertz CT molecular complexity index is 687. The van der Waals surface area contributed by atoms with Gasteiger partial charge < -0.3 is 5.11 Å². The van der Waals surface area contributed by atoms with Crippen LogP contribution in [0.3, 0.4) is 0 Å². The van der Waals surface area contributed by atoms with Gasteiger partial charge in [-0.25, -0.2) is 4.39 Å². The van der Waals surface area contributed by atoms with Gasteiger partial charge in [0.15, 0.2) is 0 Å². The van der Waals surface area contributed by atoms with Crippen molar-refractivity contribution in [1.29, 1.82) is 0 Å². The molecule has 0 atom stereocenters. The van der Waals surface area contributed by atoms with Crippen molar-refractivity contribution >= 4 is 21.9 Å². The normalized spacial score (nSPS) is 15.7. The first-order chi connectivity index (χ1) is 10.00. The third-order valence-corrected chi connectivity index (χ3v) is 4.67. The van der Waals surface area contributed by atoms with Gasteiger partial charge in [0.05, 0.1) is 5.41 Å². The molecule has 0 aromatic heterocycles. The highest BCUT2D eigenvalue weighted by Crippen LogP contribution is 2.40. The first-order valence-corrected chi connectivity index (χ1v) is 7.54. The summed E-state index contributed by atoms with van der Waals surface area (Å²) in [6.07, 6.45) is 1.11. The minimum atomic E-state index is -0.946. The lowest BCUT2D eigenvalue weighted by atomic mass is 9.79. The van der Waals surface area contributed by atoms with Gasteiger partial charge in [0.1, 0.15) is 5.82 Å². The monoisotopic (exact) mass is 348 g/mol. The summed E-state index contributed by atoms with van der Waals surface area (Å²) in [5.74, 6) is -1.22. The predicted molar refractivity (Wildman–Crippen MR) is 81.7 cm³/mol. The van der Waals surface area contributed by atoms with Crippen molar-refractivity contribution in [1.82, 2.24) is 0 Å². The highest BCUT2D eigenvalue weighted by atomic mass is 79.9. The Labute approximate surface area is 130 Å². The number of benzene rings is 2. The topological polar surface area (TPSA) is 37.3 Å². The van der Waals surface area contributed by atoms with Crippen LogP contribution in [0.15, 0.2) is 46.9 Å². The van der Waals surface area contributed by atoms with Gasteiger partial charge in [0, 0.05) is 4.47 Å². The molecule has 0 bridgehead atoms. The zero-order chi connectivity index (χ0) is 15.0. The van der Waals surface area contributed by atoms with E-state index in [4.69, 9.17) is 0 Å². The van der Waals surface area contributed by atoms with Crippen LogP contribution >= 0.6 is 15.9 Å². The molecular weight excluding hydrogens is 335 g/mol. The molecule has 1 N–H and O–H groups in total. The summed E-state index contributed by atoms with van der Waals surface area (Å²) in [5.41, 5.74) is 1.61. The van der Waals surface area contributed by atoms with Crippen LogP contribution in [0.4, 0.5) is 4.39 Å². The molecule has 0 amide bonds. The molecule has 2 aromatic carbocycles. The number of carbonyl (C=O) groups is 1. The number of halogens is 2. The molecule has 4 heteroatoms. The molecule has 2 aromatic rings. The Morgan fingerprint density at radius 2 is 1.81 bits per heavy atom. The molecule has 0 spiro atoms. The quantitative estimate of drug-likeness (QED) is 0.910. The maximum atomic E-state index is 14.0. The van der Waals surface area contributed by atoms with Gasteiger partial charge in [-0.15, -0.1) is 0 Å². The molecule has 3 rings (SSSR count). The third kappa shape index (κ3) is 2.60. The van der Waals surface area contributed by atoms with Crippen molar-refractivity contribution < 1.29 is 14.3 Å². The minimum Gasteiger partial charge on any atom is -0.481 e. The number of aliphatic carboxylic acids is 1. The van der Waals surface area contributed by atoms with E-state index in [1.165, 1.54) is 6.07 Å². The first kappa shape index (κ1) is 14.3. The molecule has 1 aliphatic rings. The van der Waals surface area contributed by atoms with Crippen LogP contribution in [0.1, 0.15) is 16.7 Å². The Hall–Kier alpha value is -1.68. The summed E-state index contributed by atoms with van der Waals surface area (Å²) < 4.78 is 14.7. The second kappa shape index (κ2) is 5.26. The lowest BCUT2D eigenvalue weighted by Gasteiger charge is -2.24. The third-order valence-electron chi connectivity index (χ3n) is 4.17. The van der Waals surface area contributed by atoms with E-state index in [-0.39, 0.29) is 12.2 Å². The summed E-state index contributed by atoms with van der Waals surface area (Å²) >= 11 is 3.22. The van der Waals surface area contributed by atoms with Crippen LogP contribution in [-0.2, 0) is 24.1 Å². The van der Waals surface area contributed by atoms with Gasteiger partial charge in [-0.3, -0.25) is 4.79 Å². The van der Waals surface area contributed by atoms with Crippen molar-refractivity contribution in [3.05, 3.63) is 69.4 Å². The van der Waals surface area contributed by atoms with E-state index in [2.05, 4.69) is 15.9 Å². The maximum Gasteiger partial charge on any atom is 0.310 e. The molecule has 0 saturated heterocycles. The van der Waals surface area contributed by atoms with E-state index in [9.17, 15) is 14.3 Å². The summed E-state index contributed by atoms with van der Waals surface area (Å²) in [6.45, 7) is 0. The summed E-state index contributed by atoms with van der Waals surface area (Å²) in [7, 11) is 0. The molecule has 1 aliphatic carbocycles. The van der Waals surface area contributed by atoms with Gasteiger partial charge in [0.25, 0.3) is 0 Å². The number of hydrogen-bond acceptors (Lipinski definition) is 1. The van der Waals surface area contributed by atoms with Crippen LogP contribution in [0, 0.1) is 11.2 Å². The fourth-order valence-corrected chi connectivity index (χ4v) is 3.41. The van der Waals surface area contributed by atoms with Crippen LogP contribution in [0.5, 0.6) is 0 Å². The van der Waals surface area contributed by atoms with Crippen molar-refractivity contribution in [2.45, 2.75) is 19.3 Å². The Balaban J connectivity index is 1.96.